The number of hydrogen-bond acceptors (Lipinski definition) is 2. The highest BCUT2D eigenvalue weighted by molar-refractivity contribution is 7.99. The average molecular weight is 213 g/mol. The van der Waals surface area contributed by atoms with Crippen molar-refractivity contribution < 1.29 is 0 Å². The van der Waals surface area contributed by atoms with Crippen molar-refractivity contribution in [3.8, 4) is 0 Å². The van der Waals surface area contributed by atoms with Gasteiger partial charge in [0, 0.05) is 6.04 Å². The standard InChI is InChI=1S/C12H23NS/c1-9-6-12(10(9)2)13-7-11-4-3-5-14-8-11/h9-13H,3-8H2,1-2H3. The Labute approximate surface area is 92.4 Å². The van der Waals surface area contributed by atoms with Crippen molar-refractivity contribution >= 4 is 11.8 Å². The fourth-order valence-corrected chi connectivity index (χ4v) is 3.74. The van der Waals surface area contributed by atoms with Gasteiger partial charge in [0.1, 0.15) is 0 Å². The van der Waals surface area contributed by atoms with Gasteiger partial charge in [-0.1, -0.05) is 13.8 Å². The Hall–Kier alpha value is 0.310. The molecule has 0 aromatic heterocycles. The number of nitrogens with one attached hydrogen (secondary N) is 1. The van der Waals surface area contributed by atoms with Crippen molar-refractivity contribution in [1.82, 2.24) is 5.32 Å². The van der Waals surface area contributed by atoms with Crippen LogP contribution in [-0.2, 0) is 0 Å². The minimum absolute atomic E-state index is 0.830. The summed E-state index contributed by atoms with van der Waals surface area (Å²) in [6, 6.07) is 0.830. The molecule has 82 valence electrons. The summed E-state index contributed by atoms with van der Waals surface area (Å²) in [6.45, 7) is 6.04. The molecule has 1 N–H and O–H groups in total. The van der Waals surface area contributed by atoms with E-state index < -0.39 is 0 Å². The molecule has 0 aromatic rings. The molecule has 2 fully saturated rings. The molecule has 0 radical (unpaired) electrons. The maximum absolute atomic E-state index is 3.76. The molecule has 4 unspecified atom stereocenters. The van der Waals surface area contributed by atoms with Gasteiger partial charge < -0.3 is 5.32 Å². The largest absolute Gasteiger partial charge is 0.313 e. The highest BCUT2D eigenvalue weighted by atomic mass is 32.2. The summed E-state index contributed by atoms with van der Waals surface area (Å²) in [5.41, 5.74) is 0. The van der Waals surface area contributed by atoms with E-state index in [1.54, 1.807) is 0 Å². The zero-order valence-corrected chi connectivity index (χ0v) is 10.3. The third kappa shape index (κ3) is 2.46. The summed E-state index contributed by atoms with van der Waals surface area (Å²) in [5.74, 6) is 5.60. The summed E-state index contributed by atoms with van der Waals surface area (Å²) in [5, 5.41) is 3.76. The molecular formula is C12H23NS. The monoisotopic (exact) mass is 213 g/mol. The molecule has 2 heteroatoms. The van der Waals surface area contributed by atoms with Gasteiger partial charge in [-0.15, -0.1) is 0 Å². The van der Waals surface area contributed by atoms with Gasteiger partial charge in [0.05, 0.1) is 0 Å². The van der Waals surface area contributed by atoms with Gasteiger partial charge in [-0.3, -0.25) is 0 Å². The quantitative estimate of drug-likeness (QED) is 0.773. The molecule has 1 saturated heterocycles. The highest BCUT2D eigenvalue weighted by Crippen LogP contribution is 2.34. The molecule has 1 aliphatic carbocycles. The molecule has 0 spiro atoms. The van der Waals surface area contributed by atoms with Gasteiger partial charge in [0.2, 0.25) is 0 Å². The van der Waals surface area contributed by atoms with Crippen molar-refractivity contribution in [2.75, 3.05) is 18.1 Å². The van der Waals surface area contributed by atoms with E-state index in [0.717, 1.165) is 23.8 Å². The fourth-order valence-electron chi connectivity index (χ4n) is 2.59. The first-order valence-electron chi connectivity index (χ1n) is 6.08. The Bertz CT molecular complexity index is 172. The lowest BCUT2D eigenvalue weighted by Crippen LogP contribution is -2.49. The van der Waals surface area contributed by atoms with Crippen LogP contribution in [0.4, 0.5) is 0 Å². The van der Waals surface area contributed by atoms with Crippen LogP contribution in [0.1, 0.15) is 33.1 Å². The van der Waals surface area contributed by atoms with Crippen molar-refractivity contribution in [3.05, 3.63) is 0 Å². The molecule has 4 atom stereocenters. The van der Waals surface area contributed by atoms with E-state index in [1.165, 1.54) is 37.3 Å². The van der Waals surface area contributed by atoms with E-state index in [9.17, 15) is 0 Å². The second kappa shape index (κ2) is 4.89. The zero-order chi connectivity index (χ0) is 9.97. The topological polar surface area (TPSA) is 12.0 Å². The summed E-state index contributed by atoms with van der Waals surface area (Å²) in [6.07, 6.45) is 4.30. The first kappa shape index (κ1) is 10.8. The molecule has 1 heterocycles. The van der Waals surface area contributed by atoms with Gasteiger partial charge >= 0.3 is 0 Å². The van der Waals surface area contributed by atoms with Crippen LogP contribution < -0.4 is 5.32 Å². The molecule has 0 amide bonds. The summed E-state index contributed by atoms with van der Waals surface area (Å²) < 4.78 is 0. The molecule has 1 nitrogen and oxygen atoms in total. The SMILES string of the molecule is CC1CC(NCC2CCCSC2)C1C. The van der Waals surface area contributed by atoms with Crippen molar-refractivity contribution in [2.45, 2.75) is 39.2 Å². The lowest BCUT2D eigenvalue weighted by molar-refractivity contribution is 0.133. The molecule has 0 aromatic carbocycles. The molecule has 0 bridgehead atoms. The van der Waals surface area contributed by atoms with Crippen molar-refractivity contribution in [2.24, 2.45) is 17.8 Å². The van der Waals surface area contributed by atoms with Crippen LogP contribution in [0.25, 0.3) is 0 Å². The summed E-state index contributed by atoms with van der Waals surface area (Å²) >= 11 is 2.14. The minimum Gasteiger partial charge on any atom is -0.313 e. The molecule has 14 heavy (non-hydrogen) atoms. The molecule has 1 aliphatic heterocycles. The Morgan fingerprint density at radius 3 is 2.79 bits per heavy atom. The van der Waals surface area contributed by atoms with Crippen LogP contribution in [0.15, 0.2) is 0 Å². The fraction of sp³-hybridized carbons (Fsp3) is 1.00. The number of hydrogen-bond donors (Lipinski definition) is 1. The Kier molecular flexibility index (Phi) is 3.78. The van der Waals surface area contributed by atoms with Crippen molar-refractivity contribution in [3.63, 3.8) is 0 Å². The van der Waals surface area contributed by atoms with E-state index in [4.69, 9.17) is 0 Å². The van der Waals surface area contributed by atoms with Crippen LogP contribution in [-0.4, -0.2) is 24.1 Å². The number of rotatable bonds is 3. The summed E-state index contributed by atoms with van der Waals surface area (Å²) in [7, 11) is 0. The van der Waals surface area contributed by atoms with Gasteiger partial charge in [-0.25, -0.2) is 0 Å². The predicted octanol–water partition coefficient (Wildman–Crippen LogP) is 2.76. The Morgan fingerprint density at radius 1 is 1.36 bits per heavy atom. The summed E-state index contributed by atoms with van der Waals surface area (Å²) in [4.78, 5) is 0. The van der Waals surface area contributed by atoms with E-state index in [0.29, 0.717) is 0 Å². The normalized spacial score (nSPS) is 43.3. The van der Waals surface area contributed by atoms with Gasteiger partial charge in [0.25, 0.3) is 0 Å². The zero-order valence-electron chi connectivity index (χ0n) is 9.46. The van der Waals surface area contributed by atoms with Crippen LogP contribution in [0.3, 0.4) is 0 Å². The lowest BCUT2D eigenvalue weighted by Gasteiger charge is -2.42. The van der Waals surface area contributed by atoms with E-state index >= 15 is 0 Å². The maximum atomic E-state index is 3.76. The van der Waals surface area contributed by atoms with Gasteiger partial charge in [0.15, 0.2) is 0 Å². The Balaban J connectivity index is 1.62. The molecule has 1 saturated carbocycles. The van der Waals surface area contributed by atoms with Crippen LogP contribution in [0.2, 0.25) is 0 Å². The van der Waals surface area contributed by atoms with E-state index in [-0.39, 0.29) is 0 Å². The first-order chi connectivity index (χ1) is 6.77. The second-order valence-electron chi connectivity index (χ2n) is 5.17. The highest BCUT2D eigenvalue weighted by Gasteiger charge is 2.34. The first-order valence-corrected chi connectivity index (χ1v) is 7.24. The average Bonchev–Trinajstić information content (AvgIpc) is 2.25. The van der Waals surface area contributed by atoms with E-state index in [2.05, 4.69) is 30.9 Å². The second-order valence-corrected chi connectivity index (χ2v) is 6.32. The molecule has 2 aliphatic rings. The molecular weight excluding hydrogens is 190 g/mol. The van der Waals surface area contributed by atoms with Crippen molar-refractivity contribution in [1.29, 1.82) is 0 Å². The Morgan fingerprint density at radius 2 is 2.21 bits per heavy atom. The lowest BCUT2D eigenvalue weighted by atomic mass is 9.71. The van der Waals surface area contributed by atoms with Crippen LogP contribution in [0.5, 0.6) is 0 Å². The molecule has 2 rings (SSSR count). The van der Waals surface area contributed by atoms with E-state index in [1.807, 2.05) is 0 Å². The third-order valence-electron chi connectivity index (χ3n) is 4.08. The van der Waals surface area contributed by atoms with Gasteiger partial charge in [-0.2, -0.15) is 11.8 Å². The number of thioether (sulfide) groups is 1. The maximum Gasteiger partial charge on any atom is 0.00980 e. The van der Waals surface area contributed by atoms with Crippen LogP contribution in [0, 0.1) is 17.8 Å². The third-order valence-corrected chi connectivity index (χ3v) is 5.37. The minimum atomic E-state index is 0.830. The van der Waals surface area contributed by atoms with Gasteiger partial charge in [-0.05, 0) is 55.1 Å². The predicted molar refractivity (Wildman–Crippen MR) is 64.8 cm³/mol. The smallest absolute Gasteiger partial charge is 0.00980 e. The van der Waals surface area contributed by atoms with Crippen LogP contribution >= 0.6 is 11.8 Å².